The molecule has 0 saturated heterocycles. The number of rotatable bonds is 2. The van der Waals surface area contributed by atoms with Crippen LogP contribution in [0, 0.1) is 10.1 Å². The van der Waals surface area contributed by atoms with Crippen molar-refractivity contribution < 1.29 is 4.92 Å². The zero-order chi connectivity index (χ0) is 14.1. The molecule has 0 spiro atoms. The molecule has 1 aliphatic rings. The van der Waals surface area contributed by atoms with Crippen molar-refractivity contribution in [2.24, 2.45) is 0 Å². The second kappa shape index (κ2) is 4.88. The van der Waals surface area contributed by atoms with E-state index >= 15 is 0 Å². The second-order valence-electron chi connectivity index (χ2n) is 4.87. The number of non-ortho nitro benzene ring substituents is 1. The van der Waals surface area contributed by atoms with Crippen LogP contribution in [0.1, 0.15) is 24.1 Å². The van der Waals surface area contributed by atoms with Crippen LogP contribution in [-0.4, -0.2) is 14.9 Å². The molecule has 1 aromatic carbocycles. The number of benzene rings is 1. The molecule has 1 aromatic heterocycles. The Bertz CT molecular complexity index is 668. The fourth-order valence-electron chi connectivity index (χ4n) is 2.59. The lowest BCUT2D eigenvalue weighted by Gasteiger charge is -2.18. The van der Waals surface area contributed by atoms with Crippen LogP contribution in [0.3, 0.4) is 0 Å². The number of hydrogen-bond acceptors (Lipinski definition) is 5. The first-order valence-electron chi connectivity index (χ1n) is 6.55. The quantitative estimate of drug-likeness (QED) is 0.668. The van der Waals surface area contributed by atoms with Crippen molar-refractivity contribution >= 4 is 11.6 Å². The third-order valence-corrected chi connectivity index (χ3v) is 3.55. The van der Waals surface area contributed by atoms with Gasteiger partial charge in [-0.2, -0.15) is 0 Å². The van der Waals surface area contributed by atoms with Crippen LogP contribution in [0.15, 0.2) is 24.3 Å². The molecule has 0 fully saturated rings. The Morgan fingerprint density at radius 1 is 1.10 bits per heavy atom. The first-order valence-corrected chi connectivity index (χ1v) is 6.55. The van der Waals surface area contributed by atoms with Crippen molar-refractivity contribution in [2.45, 2.75) is 25.7 Å². The van der Waals surface area contributed by atoms with Gasteiger partial charge >= 0.3 is 0 Å². The van der Waals surface area contributed by atoms with Gasteiger partial charge in [-0.25, -0.2) is 9.97 Å². The van der Waals surface area contributed by atoms with Gasteiger partial charge in [0.05, 0.1) is 10.6 Å². The van der Waals surface area contributed by atoms with Crippen molar-refractivity contribution in [1.29, 1.82) is 0 Å². The van der Waals surface area contributed by atoms with Crippen LogP contribution in [0.4, 0.5) is 11.6 Å². The van der Waals surface area contributed by atoms with Crippen LogP contribution in [0.2, 0.25) is 0 Å². The van der Waals surface area contributed by atoms with Gasteiger partial charge in [-0.1, -0.05) is 0 Å². The first kappa shape index (κ1) is 12.5. The van der Waals surface area contributed by atoms with Gasteiger partial charge in [0, 0.05) is 29.0 Å². The van der Waals surface area contributed by atoms with E-state index < -0.39 is 4.92 Å². The average molecular weight is 270 g/mol. The maximum atomic E-state index is 10.7. The summed E-state index contributed by atoms with van der Waals surface area (Å²) in [6.07, 6.45) is 4.08. The minimum atomic E-state index is -0.409. The maximum Gasteiger partial charge on any atom is 0.269 e. The van der Waals surface area contributed by atoms with Gasteiger partial charge in [0.15, 0.2) is 0 Å². The lowest BCUT2D eigenvalue weighted by atomic mass is 9.92. The van der Waals surface area contributed by atoms with Gasteiger partial charge < -0.3 is 5.73 Å². The lowest BCUT2D eigenvalue weighted by Crippen LogP contribution is -2.11. The summed E-state index contributed by atoms with van der Waals surface area (Å²) in [5.41, 5.74) is 9.63. The van der Waals surface area contributed by atoms with Gasteiger partial charge in [0.1, 0.15) is 0 Å². The van der Waals surface area contributed by atoms with Crippen molar-refractivity contribution in [3.63, 3.8) is 0 Å². The fourth-order valence-corrected chi connectivity index (χ4v) is 2.59. The van der Waals surface area contributed by atoms with Crippen LogP contribution in [0.5, 0.6) is 0 Å². The van der Waals surface area contributed by atoms with Gasteiger partial charge in [-0.3, -0.25) is 10.1 Å². The zero-order valence-corrected chi connectivity index (χ0v) is 10.9. The minimum Gasteiger partial charge on any atom is -0.368 e. The Labute approximate surface area is 115 Å². The van der Waals surface area contributed by atoms with E-state index in [9.17, 15) is 10.1 Å². The summed E-state index contributed by atoms with van der Waals surface area (Å²) in [5, 5.41) is 10.7. The molecule has 0 radical (unpaired) electrons. The third-order valence-electron chi connectivity index (χ3n) is 3.55. The van der Waals surface area contributed by atoms with Gasteiger partial charge in [0.25, 0.3) is 5.69 Å². The molecule has 0 atom stereocenters. The van der Waals surface area contributed by atoms with E-state index in [0.29, 0.717) is 0 Å². The molecule has 0 amide bonds. The number of hydrogen-bond donors (Lipinski definition) is 1. The minimum absolute atomic E-state index is 0.0737. The van der Waals surface area contributed by atoms with Crippen LogP contribution >= 0.6 is 0 Å². The molecule has 2 aromatic rings. The van der Waals surface area contributed by atoms with E-state index in [2.05, 4.69) is 9.97 Å². The van der Waals surface area contributed by atoms with E-state index in [-0.39, 0.29) is 11.6 Å². The molecule has 6 heteroatoms. The van der Waals surface area contributed by atoms with E-state index in [1.165, 1.54) is 12.1 Å². The molecular formula is C14H14N4O2. The summed E-state index contributed by atoms with van der Waals surface area (Å²) in [6.45, 7) is 0. The van der Waals surface area contributed by atoms with E-state index in [1.54, 1.807) is 12.1 Å². The molecule has 1 heterocycles. The normalized spacial score (nSPS) is 13.8. The Kier molecular flexibility index (Phi) is 3.06. The highest BCUT2D eigenvalue weighted by molar-refractivity contribution is 5.66. The predicted molar refractivity (Wildman–Crippen MR) is 75.2 cm³/mol. The van der Waals surface area contributed by atoms with Gasteiger partial charge in [-0.15, -0.1) is 0 Å². The van der Waals surface area contributed by atoms with Gasteiger partial charge in [-0.05, 0) is 37.8 Å². The van der Waals surface area contributed by atoms with E-state index in [0.717, 1.165) is 48.2 Å². The molecule has 1 aliphatic carbocycles. The summed E-state index contributed by atoms with van der Waals surface area (Å²) in [6, 6.07) is 6.41. The van der Waals surface area contributed by atoms with Crippen LogP contribution in [-0.2, 0) is 12.8 Å². The molecule has 0 aliphatic heterocycles. The molecule has 102 valence electrons. The standard InChI is InChI=1S/C14H14N4O2/c15-14-16-12-4-2-1-3-11(12)13(17-14)9-5-7-10(8-6-9)18(19)20/h5-8H,1-4H2,(H2,15,16,17). The second-order valence-corrected chi connectivity index (χ2v) is 4.87. The lowest BCUT2D eigenvalue weighted by molar-refractivity contribution is -0.384. The summed E-state index contributed by atoms with van der Waals surface area (Å²) in [7, 11) is 0. The summed E-state index contributed by atoms with van der Waals surface area (Å²) < 4.78 is 0. The number of nitro benzene ring substituents is 1. The molecule has 0 unspecified atom stereocenters. The number of nitrogen functional groups attached to an aromatic ring is 1. The topological polar surface area (TPSA) is 94.9 Å². The van der Waals surface area contributed by atoms with Crippen LogP contribution < -0.4 is 5.73 Å². The highest BCUT2D eigenvalue weighted by atomic mass is 16.6. The molecule has 2 N–H and O–H groups in total. The average Bonchev–Trinajstić information content (AvgIpc) is 2.46. The smallest absolute Gasteiger partial charge is 0.269 e. The number of nitrogens with zero attached hydrogens (tertiary/aromatic N) is 3. The monoisotopic (exact) mass is 270 g/mol. The summed E-state index contributed by atoms with van der Waals surface area (Å²) in [5.74, 6) is 0.263. The number of aromatic nitrogens is 2. The number of nitrogens with two attached hydrogens (primary N) is 1. The zero-order valence-electron chi connectivity index (χ0n) is 10.9. The number of nitro groups is 1. The number of anilines is 1. The SMILES string of the molecule is Nc1nc2c(c(-c3ccc([N+](=O)[O-])cc3)n1)CCCC2. The number of fused-ring (bicyclic) bond motifs is 1. The molecule has 0 bridgehead atoms. The summed E-state index contributed by atoms with van der Waals surface area (Å²) >= 11 is 0. The highest BCUT2D eigenvalue weighted by Crippen LogP contribution is 2.30. The molecule has 0 saturated carbocycles. The molecule has 20 heavy (non-hydrogen) atoms. The Morgan fingerprint density at radius 3 is 2.50 bits per heavy atom. The Hall–Kier alpha value is -2.50. The third kappa shape index (κ3) is 2.20. The maximum absolute atomic E-state index is 10.7. The largest absolute Gasteiger partial charge is 0.368 e. The Balaban J connectivity index is 2.09. The van der Waals surface area contributed by atoms with Crippen molar-refractivity contribution in [3.8, 4) is 11.3 Å². The summed E-state index contributed by atoms with van der Waals surface area (Å²) in [4.78, 5) is 18.9. The molecular weight excluding hydrogens is 256 g/mol. The highest BCUT2D eigenvalue weighted by Gasteiger charge is 2.18. The van der Waals surface area contributed by atoms with E-state index in [4.69, 9.17) is 5.73 Å². The Morgan fingerprint density at radius 2 is 1.80 bits per heavy atom. The predicted octanol–water partition coefficient (Wildman–Crippen LogP) is 2.51. The van der Waals surface area contributed by atoms with Crippen molar-refractivity contribution in [3.05, 3.63) is 45.6 Å². The fraction of sp³-hybridized carbons (Fsp3) is 0.286. The van der Waals surface area contributed by atoms with Crippen LogP contribution in [0.25, 0.3) is 11.3 Å². The van der Waals surface area contributed by atoms with Gasteiger partial charge in [0.2, 0.25) is 5.95 Å². The van der Waals surface area contributed by atoms with Crippen molar-refractivity contribution in [1.82, 2.24) is 9.97 Å². The molecule has 6 nitrogen and oxygen atoms in total. The van der Waals surface area contributed by atoms with Crippen molar-refractivity contribution in [2.75, 3.05) is 5.73 Å². The molecule has 3 rings (SSSR count). The van der Waals surface area contributed by atoms with E-state index in [1.807, 2.05) is 0 Å². The first-order chi connectivity index (χ1) is 9.65. The number of aryl methyl sites for hydroxylation is 1.